The summed E-state index contributed by atoms with van der Waals surface area (Å²) in [6, 6.07) is 5.84. The monoisotopic (exact) mass is 319 g/mol. The first-order chi connectivity index (χ1) is 9.93. The van der Waals surface area contributed by atoms with Gasteiger partial charge in [0.2, 0.25) is 9.84 Å². The van der Waals surface area contributed by atoms with Crippen LogP contribution in [0.5, 0.6) is 0 Å². The van der Waals surface area contributed by atoms with E-state index < -0.39 is 15.6 Å². The molecule has 0 heterocycles. The van der Waals surface area contributed by atoms with Crippen molar-refractivity contribution >= 4 is 15.5 Å². The summed E-state index contributed by atoms with van der Waals surface area (Å²) in [6.07, 6.45) is 4.23. The average Bonchev–Trinajstić information content (AvgIpc) is 2.47. The van der Waals surface area contributed by atoms with Gasteiger partial charge in [0.1, 0.15) is 0 Å². The highest BCUT2D eigenvalue weighted by Crippen LogP contribution is 2.26. The number of alkyl halides is 2. The van der Waals surface area contributed by atoms with Crippen molar-refractivity contribution in [3.63, 3.8) is 0 Å². The molecular formula is C15H23F2NO2S. The third-order valence-corrected chi connectivity index (χ3v) is 4.99. The lowest BCUT2D eigenvalue weighted by molar-refractivity contribution is 0.235. The second-order valence-electron chi connectivity index (χ2n) is 5.10. The highest BCUT2D eigenvalue weighted by atomic mass is 32.2. The summed E-state index contributed by atoms with van der Waals surface area (Å²) in [4.78, 5) is -0.328. The van der Waals surface area contributed by atoms with Gasteiger partial charge in [-0.15, -0.1) is 0 Å². The number of para-hydroxylation sites is 1. The van der Waals surface area contributed by atoms with Gasteiger partial charge in [0, 0.05) is 6.54 Å². The summed E-state index contributed by atoms with van der Waals surface area (Å²) >= 11 is 0. The quantitative estimate of drug-likeness (QED) is 0.737. The van der Waals surface area contributed by atoms with Crippen LogP contribution < -0.4 is 5.32 Å². The Morgan fingerprint density at radius 1 is 1.19 bits per heavy atom. The summed E-state index contributed by atoms with van der Waals surface area (Å²) in [7, 11) is -4.57. The van der Waals surface area contributed by atoms with Crippen molar-refractivity contribution in [1.82, 2.24) is 0 Å². The van der Waals surface area contributed by atoms with E-state index in [0.717, 1.165) is 25.7 Å². The molecule has 1 rings (SSSR count). The van der Waals surface area contributed by atoms with E-state index in [9.17, 15) is 17.2 Å². The molecule has 3 nitrogen and oxygen atoms in total. The maximum absolute atomic E-state index is 12.7. The zero-order valence-electron chi connectivity index (χ0n) is 12.5. The van der Waals surface area contributed by atoms with Gasteiger partial charge >= 0.3 is 5.76 Å². The number of hydrogen-bond acceptors (Lipinski definition) is 3. The molecule has 1 N–H and O–H groups in total. The second kappa shape index (κ2) is 8.32. The number of halogens is 2. The molecule has 120 valence electrons. The van der Waals surface area contributed by atoms with Crippen molar-refractivity contribution in [2.24, 2.45) is 5.92 Å². The molecule has 0 spiro atoms. The molecule has 0 saturated heterocycles. The van der Waals surface area contributed by atoms with Crippen LogP contribution in [-0.4, -0.2) is 20.7 Å². The van der Waals surface area contributed by atoms with E-state index in [1.807, 2.05) is 0 Å². The smallest absolute Gasteiger partial charge is 0.341 e. The highest BCUT2D eigenvalue weighted by molar-refractivity contribution is 7.91. The predicted molar refractivity (Wildman–Crippen MR) is 81.4 cm³/mol. The molecule has 0 radical (unpaired) electrons. The Morgan fingerprint density at radius 3 is 2.43 bits per heavy atom. The predicted octanol–water partition coefficient (Wildman–Crippen LogP) is 4.31. The first-order valence-electron chi connectivity index (χ1n) is 7.28. The van der Waals surface area contributed by atoms with E-state index in [1.54, 1.807) is 6.07 Å². The maximum atomic E-state index is 12.7. The lowest BCUT2D eigenvalue weighted by Gasteiger charge is -2.18. The van der Waals surface area contributed by atoms with Gasteiger partial charge in [-0.25, -0.2) is 8.42 Å². The molecule has 0 bridgehead atoms. The standard InChI is InChI=1S/C15H23F2NO2S/c1-3-5-8-12(4-2)11-18-13-9-6-7-10-14(13)21(19,20)15(16)17/h6-7,9-10,12,15,18H,3-5,8,11H2,1-2H3. The van der Waals surface area contributed by atoms with Crippen LogP contribution in [0.3, 0.4) is 0 Å². The molecular weight excluding hydrogens is 296 g/mol. The van der Waals surface area contributed by atoms with Crippen LogP contribution in [0.25, 0.3) is 0 Å². The Labute approximate surface area is 125 Å². The highest BCUT2D eigenvalue weighted by Gasteiger charge is 2.28. The minimum atomic E-state index is -4.57. The Hall–Kier alpha value is -1.17. The molecule has 0 aliphatic carbocycles. The molecule has 0 aromatic heterocycles. The van der Waals surface area contributed by atoms with E-state index >= 15 is 0 Å². The Balaban J connectivity index is 2.85. The fourth-order valence-electron chi connectivity index (χ4n) is 2.15. The SMILES string of the molecule is CCCCC(CC)CNc1ccccc1S(=O)(=O)C(F)F. The van der Waals surface area contributed by atoms with Gasteiger partial charge in [-0.3, -0.25) is 0 Å². The van der Waals surface area contributed by atoms with Crippen LogP contribution in [0.4, 0.5) is 14.5 Å². The Morgan fingerprint density at radius 2 is 1.86 bits per heavy atom. The third kappa shape index (κ3) is 4.95. The Kier molecular flexibility index (Phi) is 7.08. The van der Waals surface area contributed by atoms with Crippen LogP contribution >= 0.6 is 0 Å². The number of sulfone groups is 1. The summed E-state index contributed by atoms with van der Waals surface area (Å²) in [5.74, 6) is -2.99. The molecule has 1 unspecified atom stereocenters. The van der Waals surface area contributed by atoms with Gasteiger partial charge in [-0.2, -0.15) is 8.78 Å². The van der Waals surface area contributed by atoms with Gasteiger partial charge in [0.25, 0.3) is 0 Å². The molecule has 0 amide bonds. The van der Waals surface area contributed by atoms with E-state index in [4.69, 9.17) is 0 Å². The van der Waals surface area contributed by atoms with Crippen molar-refractivity contribution in [2.75, 3.05) is 11.9 Å². The molecule has 1 aromatic rings. The molecule has 21 heavy (non-hydrogen) atoms. The maximum Gasteiger partial charge on any atom is 0.341 e. The first kappa shape index (κ1) is 17.9. The summed E-state index contributed by atoms with van der Waals surface area (Å²) < 4.78 is 48.7. The van der Waals surface area contributed by atoms with Crippen molar-refractivity contribution in [2.45, 2.75) is 50.2 Å². The van der Waals surface area contributed by atoms with Crippen molar-refractivity contribution in [3.8, 4) is 0 Å². The number of benzene rings is 1. The molecule has 6 heteroatoms. The van der Waals surface area contributed by atoms with Crippen LogP contribution in [0, 0.1) is 5.92 Å². The first-order valence-corrected chi connectivity index (χ1v) is 8.83. The van der Waals surface area contributed by atoms with Gasteiger partial charge in [-0.05, 0) is 24.5 Å². The topological polar surface area (TPSA) is 46.2 Å². The van der Waals surface area contributed by atoms with E-state index in [2.05, 4.69) is 19.2 Å². The number of rotatable bonds is 9. The molecule has 1 atom stereocenters. The average molecular weight is 319 g/mol. The number of anilines is 1. The van der Waals surface area contributed by atoms with Gasteiger partial charge < -0.3 is 5.32 Å². The lowest BCUT2D eigenvalue weighted by Crippen LogP contribution is -2.18. The normalized spacial score (nSPS) is 13.4. The van der Waals surface area contributed by atoms with E-state index in [1.165, 1.54) is 18.2 Å². The van der Waals surface area contributed by atoms with Crippen LogP contribution in [0.15, 0.2) is 29.2 Å². The number of nitrogens with one attached hydrogen (secondary N) is 1. The van der Waals surface area contributed by atoms with E-state index in [-0.39, 0.29) is 10.6 Å². The van der Waals surface area contributed by atoms with E-state index in [0.29, 0.717) is 12.5 Å². The van der Waals surface area contributed by atoms with Crippen molar-refractivity contribution in [3.05, 3.63) is 24.3 Å². The molecule has 0 aliphatic heterocycles. The summed E-state index contributed by atoms with van der Waals surface area (Å²) in [6.45, 7) is 4.78. The zero-order chi connectivity index (χ0) is 15.9. The van der Waals surface area contributed by atoms with Gasteiger partial charge in [0.15, 0.2) is 0 Å². The minimum absolute atomic E-state index is 0.257. The molecule has 1 aromatic carbocycles. The van der Waals surface area contributed by atoms with Gasteiger partial charge in [-0.1, -0.05) is 45.2 Å². The molecule has 0 aliphatic rings. The molecule has 0 fully saturated rings. The minimum Gasteiger partial charge on any atom is -0.384 e. The largest absolute Gasteiger partial charge is 0.384 e. The Bertz CT molecular complexity index is 532. The third-order valence-electron chi connectivity index (χ3n) is 3.55. The second-order valence-corrected chi connectivity index (χ2v) is 6.99. The number of unbranched alkanes of at least 4 members (excludes halogenated alkanes) is 1. The van der Waals surface area contributed by atoms with Crippen LogP contribution in [0.2, 0.25) is 0 Å². The van der Waals surface area contributed by atoms with Crippen molar-refractivity contribution in [1.29, 1.82) is 0 Å². The number of hydrogen-bond donors (Lipinski definition) is 1. The summed E-state index contributed by atoms with van der Waals surface area (Å²) in [5, 5.41) is 3.02. The zero-order valence-corrected chi connectivity index (χ0v) is 13.3. The fraction of sp³-hybridized carbons (Fsp3) is 0.600. The molecule has 0 saturated carbocycles. The summed E-state index contributed by atoms with van der Waals surface area (Å²) in [5.41, 5.74) is 0.257. The van der Waals surface area contributed by atoms with Crippen LogP contribution in [0.1, 0.15) is 39.5 Å². The van der Waals surface area contributed by atoms with Crippen molar-refractivity contribution < 1.29 is 17.2 Å². The van der Waals surface area contributed by atoms with Gasteiger partial charge in [0.05, 0.1) is 10.6 Å². The lowest BCUT2D eigenvalue weighted by atomic mass is 9.99. The fourth-order valence-corrected chi connectivity index (χ4v) is 3.06. The van der Waals surface area contributed by atoms with Crippen LogP contribution in [-0.2, 0) is 9.84 Å².